The minimum Gasteiger partial charge on any atom is -0.491 e. The Hall–Kier alpha value is -3.55. The molecule has 2 bridgehead atoms. The van der Waals surface area contributed by atoms with E-state index in [4.69, 9.17) is 18.9 Å². The quantitative estimate of drug-likeness (QED) is 0.603. The smallest absolute Gasteiger partial charge is 0.251 e. The molecule has 0 unspecified atom stereocenters. The fourth-order valence-electron chi connectivity index (χ4n) is 4.28. The van der Waals surface area contributed by atoms with Crippen molar-refractivity contribution in [3.8, 4) is 17.2 Å². The predicted molar refractivity (Wildman–Crippen MR) is 132 cm³/mol. The monoisotopic (exact) mass is 474 g/mol. The zero-order valence-electron chi connectivity index (χ0n) is 19.7. The van der Waals surface area contributed by atoms with Gasteiger partial charge in [0.2, 0.25) is 6.79 Å². The molecule has 35 heavy (non-hydrogen) atoms. The van der Waals surface area contributed by atoms with Crippen LogP contribution in [0.3, 0.4) is 0 Å². The summed E-state index contributed by atoms with van der Waals surface area (Å²) >= 11 is 0. The Balaban J connectivity index is 1.27. The number of fused-ring (bicyclic) bond motifs is 4. The zero-order valence-corrected chi connectivity index (χ0v) is 19.7. The van der Waals surface area contributed by atoms with E-state index < -0.39 is 0 Å². The average Bonchev–Trinajstić information content (AvgIpc) is 3.34. The molecule has 2 heterocycles. The molecule has 2 N–H and O–H groups in total. The first-order valence-electron chi connectivity index (χ1n) is 12.0. The van der Waals surface area contributed by atoms with Crippen molar-refractivity contribution < 1.29 is 23.7 Å². The summed E-state index contributed by atoms with van der Waals surface area (Å²) in [5.41, 5.74) is 5.09. The van der Waals surface area contributed by atoms with Crippen LogP contribution in [0.25, 0.3) is 0 Å². The van der Waals surface area contributed by atoms with E-state index in [-0.39, 0.29) is 12.7 Å². The minimum atomic E-state index is -0.103. The number of benzene rings is 3. The van der Waals surface area contributed by atoms with E-state index in [0.29, 0.717) is 44.8 Å². The summed E-state index contributed by atoms with van der Waals surface area (Å²) in [5.74, 6) is 2.20. The molecule has 182 valence electrons. The number of carbonyl (C=O) groups is 1. The van der Waals surface area contributed by atoms with Crippen LogP contribution in [0.5, 0.6) is 17.2 Å². The van der Waals surface area contributed by atoms with Gasteiger partial charge < -0.3 is 29.6 Å². The van der Waals surface area contributed by atoms with E-state index in [1.165, 1.54) is 11.1 Å². The van der Waals surface area contributed by atoms with Crippen LogP contribution in [0.4, 0.5) is 0 Å². The highest BCUT2D eigenvalue weighted by atomic mass is 16.7. The van der Waals surface area contributed by atoms with Crippen LogP contribution >= 0.6 is 0 Å². The summed E-state index contributed by atoms with van der Waals surface area (Å²) in [7, 11) is 0. The third-order valence-electron chi connectivity index (χ3n) is 6.08. The molecule has 0 aromatic heterocycles. The second kappa shape index (κ2) is 11.3. The second-order valence-corrected chi connectivity index (χ2v) is 8.65. The molecule has 5 rings (SSSR count). The molecule has 7 nitrogen and oxygen atoms in total. The summed E-state index contributed by atoms with van der Waals surface area (Å²) in [4.78, 5) is 12.9. The van der Waals surface area contributed by atoms with Crippen LogP contribution in [-0.4, -0.2) is 45.6 Å². The lowest BCUT2D eigenvalue weighted by atomic mass is 9.99. The first-order chi connectivity index (χ1) is 17.2. The fourth-order valence-corrected chi connectivity index (χ4v) is 4.28. The van der Waals surface area contributed by atoms with Gasteiger partial charge in [-0.3, -0.25) is 4.79 Å². The van der Waals surface area contributed by atoms with Crippen LogP contribution in [-0.2, 0) is 24.1 Å². The number of hydrogen-bond acceptors (Lipinski definition) is 6. The normalized spacial score (nSPS) is 15.4. The summed E-state index contributed by atoms with van der Waals surface area (Å²) in [6, 6.07) is 20.0. The van der Waals surface area contributed by atoms with E-state index in [0.717, 1.165) is 41.5 Å². The Kier molecular flexibility index (Phi) is 7.46. The zero-order chi connectivity index (χ0) is 23.9. The van der Waals surface area contributed by atoms with E-state index in [1.807, 2.05) is 36.4 Å². The van der Waals surface area contributed by atoms with Gasteiger partial charge >= 0.3 is 0 Å². The molecule has 0 fully saturated rings. The average molecular weight is 475 g/mol. The van der Waals surface area contributed by atoms with Crippen molar-refractivity contribution in [2.75, 3.05) is 39.7 Å². The highest BCUT2D eigenvalue weighted by Crippen LogP contribution is 2.32. The van der Waals surface area contributed by atoms with Crippen molar-refractivity contribution in [2.45, 2.75) is 19.4 Å². The minimum absolute atomic E-state index is 0.103. The maximum atomic E-state index is 12.9. The van der Waals surface area contributed by atoms with Gasteiger partial charge in [-0.05, 0) is 59.0 Å². The number of carbonyl (C=O) groups excluding carboxylic acids is 1. The molecule has 0 atom stereocenters. The first-order valence-corrected chi connectivity index (χ1v) is 12.0. The summed E-state index contributed by atoms with van der Waals surface area (Å²) in [5, 5.41) is 6.43. The SMILES string of the molecule is O=C(NCCc1ccc2c(c1)OCO2)c1ccc2c(c1)Cc1cccc(c1)CNCCOCCO2. The van der Waals surface area contributed by atoms with Crippen molar-refractivity contribution in [1.82, 2.24) is 10.6 Å². The number of hydrogen-bond donors (Lipinski definition) is 2. The third-order valence-corrected chi connectivity index (χ3v) is 6.08. The largest absolute Gasteiger partial charge is 0.491 e. The standard InChI is InChI=1S/C28H30N2O5/c31-28(30-9-8-20-4-6-26-27(16-20)35-19-34-26)23-5-7-25-24(17-23)15-21-2-1-3-22(14-21)18-29-10-11-32-12-13-33-25/h1-7,14,16-17,29H,8-13,15,18-19H2,(H,30,31). The van der Waals surface area contributed by atoms with E-state index >= 15 is 0 Å². The van der Waals surface area contributed by atoms with Crippen LogP contribution in [0.1, 0.15) is 32.6 Å². The molecule has 0 spiro atoms. The highest BCUT2D eigenvalue weighted by Gasteiger charge is 2.15. The lowest BCUT2D eigenvalue weighted by Crippen LogP contribution is -2.26. The summed E-state index contributed by atoms with van der Waals surface area (Å²) in [6.45, 7) is 4.01. The first kappa shape index (κ1) is 23.2. The van der Waals surface area contributed by atoms with Gasteiger partial charge in [0.1, 0.15) is 12.4 Å². The molecule has 0 saturated carbocycles. The van der Waals surface area contributed by atoms with Crippen LogP contribution in [0.15, 0.2) is 60.7 Å². The van der Waals surface area contributed by atoms with Gasteiger partial charge in [0, 0.05) is 31.6 Å². The van der Waals surface area contributed by atoms with E-state index in [9.17, 15) is 4.79 Å². The van der Waals surface area contributed by atoms with Gasteiger partial charge in [-0.15, -0.1) is 0 Å². The van der Waals surface area contributed by atoms with Crippen LogP contribution < -0.4 is 24.8 Å². The molecule has 7 heteroatoms. The fraction of sp³-hybridized carbons (Fsp3) is 0.321. The molecule has 2 aliphatic rings. The van der Waals surface area contributed by atoms with Gasteiger partial charge in [0.25, 0.3) is 5.91 Å². The van der Waals surface area contributed by atoms with Gasteiger partial charge in [0.05, 0.1) is 13.2 Å². The molecule has 0 saturated heterocycles. The predicted octanol–water partition coefficient (Wildman–Crippen LogP) is 3.48. The number of ether oxygens (including phenoxy) is 4. The molecule has 3 aromatic rings. The van der Waals surface area contributed by atoms with Crippen LogP contribution in [0, 0.1) is 0 Å². The maximum absolute atomic E-state index is 12.9. The second-order valence-electron chi connectivity index (χ2n) is 8.65. The number of nitrogens with one attached hydrogen (secondary N) is 2. The van der Waals surface area contributed by atoms with Crippen molar-refractivity contribution in [2.24, 2.45) is 0 Å². The van der Waals surface area contributed by atoms with Gasteiger partial charge in [-0.2, -0.15) is 0 Å². The Morgan fingerprint density at radius 3 is 2.71 bits per heavy atom. The van der Waals surface area contributed by atoms with Gasteiger partial charge in [-0.25, -0.2) is 0 Å². The summed E-state index contributed by atoms with van der Waals surface area (Å²) < 4.78 is 22.5. The number of rotatable bonds is 4. The molecule has 3 aromatic carbocycles. The molecule has 1 amide bonds. The van der Waals surface area contributed by atoms with Crippen molar-refractivity contribution in [1.29, 1.82) is 0 Å². The Labute approximate surface area is 205 Å². The highest BCUT2D eigenvalue weighted by molar-refractivity contribution is 5.94. The lowest BCUT2D eigenvalue weighted by molar-refractivity contribution is 0.0953. The van der Waals surface area contributed by atoms with Crippen molar-refractivity contribution >= 4 is 5.91 Å². The third kappa shape index (κ3) is 6.12. The van der Waals surface area contributed by atoms with Crippen molar-refractivity contribution in [3.63, 3.8) is 0 Å². The lowest BCUT2D eigenvalue weighted by Gasteiger charge is -2.15. The van der Waals surface area contributed by atoms with E-state index in [1.54, 1.807) is 0 Å². The number of amides is 1. The maximum Gasteiger partial charge on any atom is 0.251 e. The Morgan fingerprint density at radius 2 is 1.74 bits per heavy atom. The van der Waals surface area contributed by atoms with Crippen LogP contribution in [0.2, 0.25) is 0 Å². The van der Waals surface area contributed by atoms with E-state index in [2.05, 4.69) is 34.9 Å². The Bertz CT molecular complexity index is 1180. The molecule has 0 radical (unpaired) electrons. The molecular weight excluding hydrogens is 444 g/mol. The molecule has 2 aliphatic heterocycles. The Morgan fingerprint density at radius 1 is 0.857 bits per heavy atom. The van der Waals surface area contributed by atoms with Crippen molar-refractivity contribution in [3.05, 3.63) is 88.5 Å². The molecule has 0 aliphatic carbocycles. The topological polar surface area (TPSA) is 78.1 Å². The molecular formula is C28H30N2O5. The summed E-state index contributed by atoms with van der Waals surface area (Å²) in [6.07, 6.45) is 1.39. The van der Waals surface area contributed by atoms with Gasteiger partial charge in [-0.1, -0.05) is 30.3 Å². The van der Waals surface area contributed by atoms with Gasteiger partial charge in [0.15, 0.2) is 11.5 Å².